The summed E-state index contributed by atoms with van der Waals surface area (Å²) in [5.74, 6) is 0.161. The molecule has 0 saturated carbocycles. The maximum Gasteiger partial charge on any atom is 0.338 e. The van der Waals surface area contributed by atoms with Gasteiger partial charge in [0.15, 0.2) is 4.80 Å². The Labute approximate surface area is 251 Å². The van der Waals surface area contributed by atoms with Crippen molar-refractivity contribution in [2.24, 2.45) is 4.99 Å². The molecule has 210 valence electrons. The van der Waals surface area contributed by atoms with Gasteiger partial charge < -0.3 is 9.47 Å². The number of carbonyl (C=O) groups excluding carboxylic acids is 1. The summed E-state index contributed by atoms with van der Waals surface area (Å²) in [5.41, 5.74) is 3.18. The topological polar surface area (TPSA) is 69.9 Å². The number of carbonyl (C=O) groups is 1. The fourth-order valence-corrected chi connectivity index (χ4v) is 6.36. The van der Waals surface area contributed by atoms with E-state index in [0.29, 0.717) is 38.0 Å². The van der Waals surface area contributed by atoms with Crippen LogP contribution in [0.4, 0.5) is 0 Å². The monoisotopic (exact) mass is 594 g/mol. The van der Waals surface area contributed by atoms with E-state index < -0.39 is 12.0 Å². The molecule has 0 radical (unpaired) electrons. The second-order valence-corrected chi connectivity index (χ2v) is 11.3. The largest absolute Gasteiger partial charge is 0.488 e. The Hall–Kier alpha value is -4.46. The van der Waals surface area contributed by atoms with Gasteiger partial charge in [-0.25, -0.2) is 9.79 Å². The summed E-state index contributed by atoms with van der Waals surface area (Å²) in [6.45, 7) is 4.11. The lowest BCUT2D eigenvalue weighted by atomic mass is 9.96. The van der Waals surface area contributed by atoms with Gasteiger partial charge in [-0.05, 0) is 60.0 Å². The molecule has 0 saturated heterocycles. The molecular weight excluding hydrogens is 568 g/mol. The molecule has 6 nitrogen and oxygen atoms in total. The van der Waals surface area contributed by atoms with Gasteiger partial charge in [0, 0.05) is 10.6 Å². The van der Waals surface area contributed by atoms with Crippen molar-refractivity contribution in [3.8, 4) is 5.75 Å². The molecule has 8 heteroatoms. The van der Waals surface area contributed by atoms with Crippen LogP contribution < -0.4 is 19.6 Å². The number of thiazole rings is 1. The van der Waals surface area contributed by atoms with E-state index in [1.165, 1.54) is 11.3 Å². The highest BCUT2D eigenvalue weighted by Gasteiger charge is 2.33. The minimum Gasteiger partial charge on any atom is -0.488 e. The van der Waals surface area contributed by atoms with Crippen molar-refractivity contribution in [2.45, 2.75) is 26.5 Å². The van der Waals surface area contributed by atoms with Gasteiger partial charge in [-0.1, -0.05) is 95.7 Å². The summed E-state index contributed by atoms with van der Waals surface area (Å²) in [4.78, 5) is 32.2. The van der Waals surface area contributed by atoms with Gasteiger partial charge in [-0.3, -0.25) is 9.36 Å². The fourth-order valence-electron chi connectivity index (χ4n) is 5.20. The predicted octanol–water partition coefficient (Wildman–Crippen LogP) is 6.18. The zero-order valence-electron chi connectivity index (χ0n) is 23.0. The molecule has 0 amide bonds. The molecule has 0 aliphatic carbocycles. The normalized spacial score (nSPS) is 14.9. The Morgan fingerprint density at radius 2 is 1.74 bits per heavy atom. The molecule has 42 heavy (non-hydrogen) atoms. The van der Waals surface area contributed by atoms with Gasteiger partial charge >= 0.3 is 5.97 Å². The Kier molecular flexibility index (Phi) is 7.78. The molecule has 2 heterocycles. The number of hydrogen-bond acceptors (Lipinski definition) is 6. The molecule has 6 rings (SSSR count). The second-order valence-electron chi connectivity index (χ2n) is 9.82. The minimum atomic E-state index is -0.697. The van der Waals surface area contributed by atoms with E-state index in [0.717, 1.165) is 27.5 Å². The van der Waals surface area contributed by atoms with Gasteiger partial charge in [-0.2, -0.15) is 0 Å². The molecule has 1 aromatic heterocycles. The van der Waals surface area contributed by atoms with Gasteiger partial charge in [0.1, 0.15) is 12.4 Å². The predicted molar refractivity (Wildman–Crippen MR) is 167 cm³/mol. The molecule has 0 fully saturated rings. The molecule has 1 atom stereocenters. The van der Waals surface area contributed by atoms with Crippen molar-refractivity contribution < 1.29 is 14.3 Å². The Balaban J connectivity index is 1.42. The van der Waals surface area contributed by atoms with E-state index in [-0.39, 0.29) is 12.2 Å². The summed E-state index contributed by atoms with van der Waals surface area (Å²) < 4.78 is 13.7. The summed E-state index contributed by atoms with van der Waals surface area (Å²) in [6.07, 6.45) is 1.82. The first-order valence-corrected chi connectivity index (χ1v) is 14.8. The molecule has 1 aliphatic rings. The number of halogens is 1. The number of hydrogen-bond donors (Lipinski definition) is 0. The molecule has 0 bridgehead atoms. The highest BCUT2D eigenvalue weighted by atomic mass is 35.5. The van der Waals surface area contributed by atoms with Gasteiger partial charge in [0.05, 0.1) is 28.5 Å². The highest BCUT2D eigenvalue weighted by Crippen LogP contribution is 2.31. The number of esters is 1. The third-order valence-electron chi connectivity index (χ3n) is 7.17. The maximum absolute atomic E-state index is 14.0. The summed E-state index contributed by atoms with van der Waals surface area (Å²) in [6, 6.07) is 28.4. The molecule has 0 N–H and O–H groups in total. The minimum absolute atomic E-state index is 0.211. The SMILES string of the molecule is CCOC(=O)C1=C(C)N=c2sc(=Cc3ccccc3OCc3cccc4ccccc34)c(=O)n2[C@@H]1c1ccc(Cl)cc1. The Bertz CT molecular complexity index is 2020. The zero-order chi connectivity index (χ0) is 29.2. The smallest absolute Gasteiger partial charge is 0.338 e. The number of ether oxygens (including phenoxy) is 2. The van der Waals surface area contributed by atoms with Crippen molar-refractivity contribution >= 4 is 45.8 Å². The van der Waals surface area contributed by atoms with E-state index in [1.54, 1.807) is 30.5 Å². The van der Waals surface area contributed by atoms with Crippen molar-refractivity contribution in [1.82, 2.24) is 4.57 Å². The standard InChI is InChI=1S/C34H27ClN2O4S/c1-3-40-33(39)30-21(2)36-34-37(31(30)23-15-17-26(35)18-16-23)32(38)29(42-34)19-24-10-5-7-14-28(24)41-20-25-12-8-11-22-9-4-6-13-27(22)25/h4-19,31H,3,20H2,1-2H3/t31-/m1/s1. The number of nitrogens with zero attached hydrogens (tertiary/aromatic N) is 2. The van der Waals surface area contributed by atoms with Gasteiger partial charge in [-0.15, -0.1) is 0 Å². The summed E-state index contributed by atoms with van der Waals surface area (Å²) >= 11 is 7.43. The van der Waals surface area contributed by atoms with Crippen molar-refractivity contribution in [3.63, 3.8) is 0 Å². The van der Waals surface area contributed by atoms with E-state index in [9.17, 15) is 9.59 Å². The van der Waals surface area contributed by atoms with E-state index in [4.69, 9.17) is 21.1 Å². The molecular formula is C34H27ClN2O4S. The summed E-state index contributed by atoms with van der Waals surface area (Å²) in [7, 11) is 0. The van der Waals surface area contributed by atoms with Crippen LogP contribution in [0.15, 0.2) is 112 Å². The van der Waals surface area contributed by atoms with Crippen molar-refractivity contribution in [3.05, 3.63) is 144 Å². The number of rotatable bonds is 7. The molecule has 4 aromatic carbocycles. The number of aromatic nitrogens is 1. The van der Waals surface area contributed by atoms with Crippen LogP contribution in [0.25, 0.3) is 16.8 Å². The lowest BCUT2D eigenvalue weighted by molar-refractivity contribution is -0.139. The fraction of sp³-hybridized carbons (Fsp3) is 0.147. The van der Waals surface area contributed by atoms with Crippen LogP contribution in [0.1, 0.15) is 36.6 Å². The molecule has 0 spiro atoms. The van der Waals surface area contributed by atoms with Gasteiger partial charge in [0.2, 0.25) is 0 Å². The average Bonchev–Trinajstić information content (AvgIpc) is 3.30. The van der Waals surface area contributed by atoms with Crippen LogP contribution in [0.5, 0.6) is 5.75 Å². The van der Waals surface area contributed by atoms with E-state index in [1.807, 2.05) is 60.7 Å². The lowest BCUT2D eigenvalue weighted by Crippen LogP contribution is -2.39. The number of para-hydroxylation sites is 1. The second kappa shape index (κ2) is 11.8. The Morgan fingerprint density at radius 3 is 2.55 bits per heavy atom. The highest BCUT2D eigenvalue weighted by molar-refractivity contribution is 7.07. The van der Waals surface area contributed by atoms with Crippen LogP contribution in [0, 0.1) is 0 Å². The third kappa shape index (κ3) is 5.29. The molecule has 5 aromatic rings. The van der Waals surface area contributed by atoms with Crippen LogP contribution >= 0.6 is 22.9 Å². The quantitative estimate of drug-likeness (QED) is 0.211. The number of fused-ring (bicyclic) bond motifs is 2. The van der Waals surface area contributed by atoms with Gasteiger partial charge in [0.25, 0.3) is 5.56 Å². The van der Waals surface area contributed by atoms with Crippen molar-refractivity contribution in [1.29, 1.82) is 0 Å². The summed E-state index contributed by atoms with van der Waals surface area (Å²) in [5, 5.41) is 2.85. The number of allylic oxidation sites excluding steroid dienone is 1. The van der Waals surface area contributed by atoms with E-state index >= 15 is 0 Å². The van der Waals surface area contributed by atoms with Crippen LogP contribution in [-0.2, 0) is 16.1 Å². The van der Waals surface area contributed by atoms with Crippen molar-refractivity contribution in [2.75, 3.05) is 6.61 Å². The Morgan fingerprint density at radius 1 is 1.00 bits per heavy atom. The first-order chi connectivity index (χ1) is 20.4. The average molecular weight is 595 g/mol. The van der Waals surface area contributed by atoms with E-state index in [2.05, 4.69) is 29.3 Å². The lowest BCUT2D eigenvalue weighted by Gasteiger charge is -2.24. The first kappa shape index (κ1) is 27.7. The number of benzene rings is 4. The molecule has 1 aliphatic heterocycles. The maximum atomic E-state index is 14.0. The first-order valence-electron chi connectivity index (χ1n) is 13.6. The third-order valence-corrected chi connectivity index (χ3v) is 8.41. The molecule has 0 unspecified atom stereocenters. The van der Waals surface area contributed by atoms with Crippen LogP contribution in [-0.4, -0.2) is 17.1 Å². The zero-order valence-corrected chi connectivity index (χ0v) is 24.6. The van der Waals surface area contributed by atoms with Crippen LogP contribution in [0.2, 0.25) is 5.02 Å². The van der Waals surface area contributed by atoms with Crippen LogP contribution in [0.3, 0.4) is 0 Å².